The van der Waals surface area contributed by atoms with E-state index in [2.05, 4.69) is 44.7 Å². The third-order valence-corrected chi connectivity index (χ3v) is 5.05. The first-order valence-corrected chi connectivity index (χ1v) is 9.80. The first kappa shape index (κ1) is 20.5. The Hall–Kier alpha value is -2.28. The van der Waals surface area contributed by atoms with Crippen LogP contribution in [0.25, 0.3) is 0 Å². The Morgan fingerprint density at radius 1 is 1.18 bits per heavy atom. The van der Waals surface area contributed by atoms with Gasteiger partial charge in [0.15, 0.2) is 0 Å². The molecule has 0 bridgehead atoms. The van der Waals surface area contributed by atoms with Gasteiger partial charge in [-0.05, 0) is 35.9 Å². The van der Waals surface area contributed by atoms with Crippen molar-refractivity contribution in [2.45, 2.75) is 6.04 Å². The van der Waals surface area contributed by atoms with E-state index >= 15 is 0 Å². The lowest BCUT2D eigenvalue weighted by atomic mass is 10.0. The Kier molecular flexibility index (Phi) is 7.14. The molecule has 1 fully saturated rings. The number of nitrogens with one attached hydrogen (secondary N) is 2. The monoisotopic (exact) mass is 402 g/mol. The van der Waals surface area contributed by atoms with Crippen molar-refractivity contribution in [3.05, 3.63) is 59.1 Å². The highest BCUT2D eigenvalue weighted by molar-refractivity contribution is 6.30. The van der Waals surface area contributed by atoms with E-state index in [-0.39, 0.29) is 12.1 Å². The van der Waals surface area contributed by atoms with Crippen LogP contribution in [0.4, 0.5) is 16.2 Å². The molecule has 0 spiro atoms. The summed E-state index contributed by atoms with van der Waals surface area (Å²) in [4.78, 5) is 16.8. The Morgan fingerprint density at radius 2 is 1.89 bits per heavy atom. The van der Waals surface area contributed by atoms with Crippen LogP contribution in [0.1, 0.15) is 11.6 Å². The zero-order valence-electron chi connectivity index (χ0n) is 16.3. The molecule has 1 aliphatic heterocycles. The molecule has 1 atom stereocenters. The van der Waals surface area contributed by atoms with E-state index in [0.29, 0.717) is 30.5 Å². The second kappa shape index (κ2) is 9.78. The van der Waals surface area contributed by atoms with E-state index in [0.717, 1.165) is 18.8 Å². The van der Waals surface area contributed by atoms with E-state index in [9.17, 15) is 4.79 Å². The highest BCUT2D eigenvalue weighted by atomic mass is 35.5. The minimum atomic E-state index is -0.245. The minimum absolute atomic E-state index is 0.0882. The van der Waals surface area contributed by atoms with Crippen molar-refractivity contribution in [3.8, 4) is 0 Å². The molecule has 0 aromatic heterocycles. The van der Waals surface area contributed by atoms with Crippen LogP contribution in [-0.4, -0.2) is 57.9 Å². The van der Waals surface area contributed by atoms with Crippen molar-refractivity contribution in [2.75, 3.05) is 57.2 Å². The predicted octanol–water partition coefficient (Wildman–Crippen LogP) is 3.60. The number of amides is 2. The van der Waals surface area contributed by atoms with Crippen molar-refractivity contribution >= 4 is 29.0 Å². The van der Waals surface area contributed by atoms with Crippen molar-refractivity contribution in [1.29, 1.82) is 0 Å². The van der Waals surface area contributed by atoms with Gasteiger partial charge in [0.25, 0.3) is 0 Å². The van der Waals surface area contributed by atoms with Gasteiger partial charge in [0.05, 0.1) is 19.3 Å². The highest BCUT2D eigenvalue weighted by Gasteiger charge is 2.23. The summed E-state index contributed by atoms with van der Waals surface area (Å²) in [5.74, 6) is 0. The molecular formula is C21H27ClN4O2. The van der Waals surface area contributed by atoms with E-state index in [1.165, 1.54) is 5.56 Å². The first-order chi connectivity index (χ1) is 13.5. The average molecular weight is 403 g/mol. The largest absolute Gasteiger partial charge is 0.379 e. The number of carbonyl (C=O) groups excluding carboxylic acids is 1. The van der Waals surface area contributed by atoms with Crippen LogP contribution in [0.5, 0.6) is 0 Å². The molecule has 0 radical (unpaired) electrons. The van der Waals surface area contributed by atoms with E-state index in [1.807, 2.05) is 20.2 Å². The summed E-state index contributed by atoms with van der Waals surface area (Å²) in [7, 11) is 4.05. The Balaban J connectivity index is 1.67. The number of hydrogen-bond acceptors (Lipinski definition) is 4. The zero-order valence-corrected chi connectivity index (χ0v) is 17.1. The number of ether oxygens (including phenoxy) is 1. The van der Waals surface area contributed by atoms with Gasteiger partial charge in [-0.25, -0.2) is 4.79 Å². The maximum Gasteiger partial charge on any atom is 0.319 e. The van der Waals surface area contributed by atoms with Crippen molar-refractivity contribution in [2.24, 2.45) is 0 Å². The third-order valence-electron chi connectivity index (χ3n) is 4.82. The van der Waals surface area contributed by atoms with E-state index in [1.54, 1.807) is 18.2 Å². The highest BCUT2D eigenvalue weighted by Crippen LogP contribution is 2.24. The van der Waals surface area contributed by atoms with E-state index in [4.69, 9.17) is 16.3 Å². The van der Waals surface area contributed by atoms with Gasteiger partial charge >= 0.3 is 6.03 Å². The van der Waals surface area contributed by atoms with Crippen LogP contribution in [0, 0.1) is 0 Å². The fraction of sp³-hybridized carbons (Fsp3) is 0.381. The fourth-order valence-electron chi connectivity index (χ4n) is 3.27. The van der Waals surface area contributed by atoms with Gasteiger partial charge in [-0.15, -0.1) is 0 Å². The molecule has 150 valence electrons. The number of nitrogens with zero attached hydrogens (tertiary/aromatic N) is 2. The molecule has 2 N–H and O–H groups in total. The van der Waals surface area contributed by atoms with Gasteiger partial charge in [-0.3, -0.25) is 4.90 Å². The molecule has 3 rings (SSSR count). The van der Waals surface area contributed by atoms with Crippen LogP contribution in [0.15, 0.2) is 48.5 Å². The molecule has 6 nitrogen and oxygen atoms in total. The molecule has 2 aromatic rings. The molecule has 7 heteroatoms. The normalized spacial score (nSPS) is 15.7. The number of benzene rings is 2. The van der Waals surface area contributed by atoms with Gasteiger partial charge in [0.1, 0.15) is 0 Å². The molecule has 0 unspecified atom stereocenters. The summed E-state index contributed by atoms with van der Waals surface area (Å²) < 4.78 is 5.49. The molecule has 0 aliphatic carbocycles. The topological polar surface area (TPSA) is 56.8 Å². The molecule has 28 heavy (non-hydrogen) atoms. The summed E-state index contributed by atoms with van der Waals surface area (Å²) in [5.41, 5.74) is 3.00. The Morgan fingerprint density at radius 3 is 2.54 bits per heavy atom. The summed E-state index contributed by atoms with van der Waals surface area (Å²) in [5, 5.41) is 6.42. The zero-order chi connectivity index (χ0) is 19.9. The lowest BCUT2D eigenvalue weighted by Crippen LogP contribution is -2.44. The standard InChI is InChI=1S/C21H27ClN4O2/c1-25(2)19-8-6-16(7-9-19)20(26-10-12-28-13-11-26)15-23-21(27)24-18-5-3-4-17(22)14-18/h3-9,14,20H,10-13,15H2,1-2H3,(H2,23,24,27)/t20-/m1/s1. The van der Waals surface area contributed by atoms with Crippen LogP contribution in [-0.2, 0) is 4.74 Å². The van der Waals surface area contributed by atoms with Gasteiger partial charge in [-0.2, -0.15) is 0 Å². The maximum absolute atomic E-state index is 12.4. The van der Waals surface area contributed by atoms with Crippen molar-refractivity contribution in [1.82, 2.24) is 10.2 Å². The van der Waals surface area contributed by atoms with Crippen LogP contribution in [0.3, 0.4) is 0 Å². The van der Waals surface area contributed by atoms with Crippen LogP contribution in [0.2, 0.25) is 5.02 Å². The summed E-state index contributed by atoms with van der Waals surface area (Å²) in [6.45, 7) is 3.62. The van der Waals surface area contributed by atoms with Crippen molar-refractivity contribution in [3.63, 3.8) is 0 Å². The molecule has 1 saturated heterocycles. The second-order valence-electron chi connectivity index (χ2n) is 7.00. The third kappa shape index (κ3) is 5.61. The summed E-state index contributed by atoms with van der Waals surface area (Å²) >= 11 is 5.98. The summed E-state index contributed by atoms with van der Waals surface area (Å²) in [6, 6.07) is 15.4. The van der Waals surface area contributed by atoms with Gasteiger partial charge in [-0.1, -0.05) is 29.8 Å². The Labute approximate surface area is 171 Å². The molecule has 0 saturated carbocycles. The minimum Gasteiger partial charge on any atom is -0.379 e. The number of halogens is 1. The van der Waals surface area contributed by atoms with Crippen LogP contribution < -0.4 is 15.5 Å². The number of morpholine rings is 1. The Bertz CT molecular complexity index is 776. The van der Waals surface area contributed by atoms with E-state index < -0.39 is 0 Å². The van der Waals surface area contributed by atoms with Gasteiger partial charge in [0, 0.05) is 50.1 Å². The number of hydrogen-bond donors (Lipinski definition) is 2. The lowest BCUT2D eigenvalue weighted by molar-refractivity contribution is 0.0168. The summed E-state index contributed by atoms with van der Waals surface area (Å²) in [6.07, 6.45) is 0. The number of urea groups is 1. The molecular weight excluding hydrogens is 376 g/mol. The predicted molar refractivity (Wildman–Crippen MR) is 114 cm³/mol. The quantitative estimate of drug-likeness (QED) is 0.775. The fourth-order valence-corrected chi connectivity index (χ4v) is 3.46. The SMILES string of the molecule is CN(C)c1ccc([C@@H](CNC(=O)Nc2cccc(Cl)c2)N2CCOCC2)cc1. The molecule has 2 aromatic carbocycles. The average Bonchev–Trinajstić information content (AvgIpc) is 2.69. The molecule has 1 heterocycles. The number of anilines is 2. The van der Waals surface area contributed by atoms with Gasteiger partial charge in [0.2, 0.25) is 0 Å². The molecule has 1 aliphatic rings. The smallest absolute Gasteiger partial charge is 0.319 e. The van der Waals surface area contributed by atoms with Crippen LogP contribution >= 0.6 is 11.6 Å². The molecule has 2 amide bonds. The first-order valence-electron chi connectivity index (χ1n) is 9.42. The lowest BCUT2D eigenvalue weighted by Gasteiger charge is -2.35. The second-order valence-corrected chi connectivity index (χ2v) is 7.43. The number of rotatable bonds is 6. The van der Waals surface area contributed by atoms with Gasteiger partial charge < -0.3 is 20.3 Å². The van der Waals surface area contributed by atoms with Crippen molar-refractivity contribution < 1.29 is 9.53 Å². The number of carbonyl (C=O) groups is 1. The maximum atomic E-state index is 12.4.